The molecular formula is C16H36N2O7. The van der Waals surface area contributed by atoms with E-state index in [1.165, 1.54) is 26.4 Å². The average Bonchev–Trinajstić information content (AvgIpc) is 2.62. The number of aliphatic hydroxyl groups excluding tert-OH is 2. The number of methoxy groups -OCH3 is 1. The molecule has 2 unspecified atom stereocenters. The lowest BCUT2D eigenvalue weighted by Gasteiger charge is -2.11. The number of unbranched alkanes of at least 4 members (excludes halogenated alkanes) is 6. The number of rotatable bonds is 20. The fourth-order valence-electron chi connectivity index (χ4n) is 2.02. The molecule has 0 bridgehead atoms. The standard InChI is InChI=1S/C16H36N2O7/c1-3-4-5-6-8-11-15(19)18-24-25-23-14-17-12-9-7-10-13-22-16(20)21-2/h15-20H,3-14H2,1-2H3. The number of ether oxygens (including phenoxy) is 2. The van der Waals surface area contributed by atoms with Crippen molar-refractivity contribution in [3.8, 4) is 0 Å². The van der Waals surface area contributed by atoms with Gasteiger partial charge in [0, 0.05) is 7.11 Å². The lowest BCUT2D eigenvalue weighted by molar-refractivity contribution is -0.541. The second-order valence-corrected chi connectivity index (χ2v) is 5.72. The Morgan fingerprint density at radius 2 is 1.72 bits per heavy atom. The zero-order chi connectivity index (χ0) is 18.6. The minimum absolute atomic E-state index is 0.174. The summed E-state index contributed by atoms with van der Waals surface area (Å²) in [5.41, 5.74) is 2.35. The first-order valence-electron chi connectivity index (χ1n) is 9.12. The van der Waals surface area contributed by atoms with Gasteiger partial charge in [-0.3, -0.25) is 5.32 Å². The predicted octanol–water partition coefficient (Wildman–Crippen LogP) is 1.71. The highest BCUT2D eigenvalue weighted by molar-refractivity contribution is 4.48. The van der Waals surface area contributed by atoms with Crippen LogP contribution in [0.1, 0.15) is 64.7 Å². The largest absolute Gasteiger partial charge is 0.376 e. The molecule has 25 heavy (non-hydrogen) atoms. The smallest absolute Gasteiger partial charge is 0.268 e. The lowest BCUT2D eigenvalue weighted by atomic mass is 10.1. The van der Waals surface area contributed by atoms with Crippen molar-refractivity contribution in [3.63, 3.8) is 0 Å². The van der Waals surface area contributed by atoms with Crippen LogP contribution in [0, 0.1) is 0 Å². The molecule has 0 saturated carbocycles. The van der Waals surface area contributed by atoms with Crippen LogP contribution in [-0.4, -0.2) is 49.9 Å². The molecule has 0 rings (SSSR count). The van der Waals surface area contributed by atoms with Crippen molar-refractivity contribution in [2.45, 2.75) is 77.4 Å². The summed E-state index contributed by atoms with van der Waals surface area (Å²) in [6.07, 6.45) is 8.24. The van der Waals surface area contributed by atoms with Gasteiger partial charge in [0.05, 0.1) is 6.61 Å². The summed E-state index contributed by atoms with van der Waals surface area (Å²) < 4.78 is 9.50. The van der Waals surface area contributed by atoms with Gasteiger partial charge in [0.1, 0.15) is 13.0 Å². The van der Waals surface area contributed by atoms with E-state index in [0.29, 0.717) is 13.0 Å². The Morgan fingerprint density at radius 3 is 2.48 bits per heavy atom. The monoisotopic (exact) mass is 368 g/mol. The van der Waals surface area contributed by atoms with Crippen LogP contribution in [0.15, 0.2) is 0 Å². The van der Waals surface area contributed by atoms with Gasteiger partial charge in [-0.25, -0.2) is 0 Å². The number of hydroxylamine groups is 1. The third kappa shape index (κ3) is 19.8. The van der Waals surface area contributed by atoms with Crippen molar-refractivity contribution >= 4 is 0 Å². The molecule has 4 N–H and O–H groups in total. The second kappa shape index (κ2) is 20.0. The summed E-state index contributed by atoms with van der Waals surface area (Å²) in [5.74, 6) is 0. The first-order valence-corrected chi connectivity index (χ1v) is 9.12. The Bertz CT molecular complexity index is 263. The molecule has 0 aliphatic rings. The molecule has 0 saturated heterocycles. The third-order valence-electron chi connectivity index (χ3n) is 3.47. The van der Waals surface area contributed by atoms with Gasteiger partial charge in [-0.05, 0) is 43.7 Å². The van der Waals surface area contributed by atoms with Crippen molar-refractivity contribution in [3.05, 3.63) is 0 Å². The van der Waals surface area contributed by atoms with Gasteiger partial charge in [-0.1, -0.05) is 32.6 Å². The summed E-state index contributed by atoms with van der Waals surface area (Å²) in [5, 5.41) is 26.0. The van der Waals surface area contributed by atoms with Gasteiger partial charge in [0.15, 0.2) is 0 Å². The molecule has 9 heteroatoms. The van der Waals surface area contributed by atoms with E-state index in [1.807, 2.05) is 0 Å². The Labute approximate surface area is 150 Å². The number of hydrogen-bond donors (Lipinski definition) is 4. The highest BCUT2D eigenvalue weighted by Crippen LogP contribution is 2.06. The van der Waals surface area contributed by atoms with Crippen LogP contribution in [0.3, 0.4) is 0 Å². The fourth-order valence-corrected chi connectivity index (χ4v) is 2.02. The first-order chi connectivity index (χ1) is 12.2. The zero-order valence-corrected chi connectivity index (χ0v) is 15.6. The van der Waals surface area contributed by atoms with Crippen molar-refractivity contribution < 1.29 is 34.6 Å². The minimum atomic E-state index is -1.14. The number of aliphatic hydroxyl groups is 2. The highest BCUT2D eigenvalue weighted by Gasteiger charge is 2.03. The average molecular weight is 368 g/mol. The maximum Gasteiger partial charge on any atom is 0.268 e. The molecule has 0 heterocycles. The van der Waals surface area contributed by atoms with Crippen molar-refractivity contribution in [1.82, 2.24) is 10.8 Å². The molecule has 0 aliphatic carbocycles. The highest BCUT2D eigenvalue weighted by atomic mass is 17.5. The van der Waals surface area contributed by atoms with E-state index in [0.717, 1.165) is 38.6 Å². The summed E-state index contributed by atoms with van der Waals surface area (Å²) in [4.78, 5) is 9.29. The second-order valence-electron chi connectivity index (χ2n) is 5.72. The van der Waals surface area contributed by atoms with Crippen LogP contribution in [-0.2, 0) is 24.4 Å². The van der Waals surface area contributed by atoms with Gasteiger partial charge in [-0.2, -0.15) is 4.89 Å². The third-order valence-corrected chi connectivity index (χ3v) is 3.47. The molecule has 152 valence electrons. The summed E-state index contributed by atoms with van der Waals surface area (Å²) in [6.45, 7) is 2.41. The summed E-state index contributed by atoms with van der Waals surface area (Å²) in [7, 11) is 1.38. The van der Waals surface area contributed by atoms with Crippen LogP contribution in [0.4, 0.5) is 0 Å². The molecule has 0 amide bonds. The van der Waals surface area contributed by atoms with E-state index in [2.05, 4.69) is 32.5 Å². The molecule has 2 atom stereocenters. The summed E-state index contributed by atoms with van der Waals surface area (Å²) in [6, 6.07) is 0. The van der Waals surface area contributed by atoms with E-state index in [1.54, 1.807) is 0 Å². The molecule has 0 aromatic carbocycles. The molecular weight excluding hydrogens is 332 g/mol. The predicted molar refractivity (Wildman–Crippen MR) is 91.5 cm³/mol. The van der Waals surface area contributed by atoms with Gasteiger partial charge in [0.2, 0.25) is 0 Å². The van der Waals surface area contributed by atoms with Gasteiger partial charge < -0.3 is 19.7 Å². The SMILES string of the molecule is CCCCCCCC(O)NOOOCNCCCCCOC(O)OC. The Balaban J connectivity index is 3.13. The molecule has 0 radical (unpaired) electrons. The van der Waals surface area contributed by atoms with Crippen LogP contribution >= 0.6 is 0 Å². The van der Waals surface area contributed by atoms with Gasteiger partial charge in [0.25, 0.3) is 6.48 Å². The molecule has 0 aliphatic heterocycles. The van der Waals surface area contributed by atoms with Crippen LogP contribution in [0.2, 0.25) is 0 Å². The topological polar surface area (TPSA) is 111 Å². The molecule has 0 aromatic heterocycles. The minimum Gasteiger partial charge on any atom is -0.376 e. The maximum atomic E-state index is 9.58. The molecule has 9 nitrogen and oxygen atoms in total. The van der Waals surface area contributed by atoms with E-state index in [9.17, 15) is 5.11 Å². The summed E-state index contributed by atoms with van der Waals surface area (Å²) >= 11 is 0. The Hall–Kier alpha value is -0.360. The van der Waals surface area contributed by atoms with Crippen LogP contribution < -0.4 is 10.8 Å². The van der Waals surface area contributed by atoms with Crippen molar-refractivity contribution in [2.75, 3.05) is 27.0 Å². The van der Waals surface area contributed by atoms with Gasteiger partial charge in [-0.15, -0.1) is 10.5 Å². The lowest BCUT2D eigenvalue weighted by Crippen LogP contribution is -2.29. The Morgan fingerprint density at radius 1 is 0.960 bits per heavy atom. The van der Waals surface area contributed by atoms with Crippen LogP contribution in [0.25, 0.3) is 0 Å². The molecule has 0 fully saturated rings. The van der Waals surface area contributed by atoms with E-state index < -0.39 is 12.7 Å². The number of nitrogens with one attached hydrogen (secondary N) is 2. The van der Waals surface area contributed by atoms with E-state index in [-0.39, 0.29) is 6.73 Å². The zero-order valence-electron chi connectivity index (χ0n) is 15.6. The van der Waals surface area contributed by atoms with E-state index in [4.69, 9.17) is 14.7 Å². The van der Waals surface area contributed by atoms with Crippen molar-refractivity contribution in [2.24, 2.45) is 0 Å². The number of hydrogen-bond acceptors (Lipinski definition) is 9. The van der Waals surface area contributed by atoms with Crippen molar-refractivity contribution in [1.29, 1.82) is 0 Å². The quantitative estimate of drug-likeness (QED) is 0.110. The van der Waals surface area contributed by atoms with Crippen LogP contribution in [0.5, 0.6) is 0 Å². The fraction of sp³-hybridized carbons (Fsp3) is 1.00. The first kappa shape index (κ1) is 24.6. The maximum absolute atomic E-state index is 9.58. The Kier molecular flexibility index (Phi) is 19.7. The van der Waals surface area contributed by atoms with E-state index >= 15 is 0 Å². The molecule has 0 aromatic rings. The normalized spacial score (nSPS) is 13.9. The molecule has 0 spiro atoms. The van der Waals surface area contributed by atoms with Gasteiger partial charge >= 0.3 is 0 Å².